The molecule has 1 N–H and O–H groups in total. The van der Waals surface area contributed by atoms with Crippen LogP contribution < -0.4 is 4.74 Å². The van der Waals surface area contributed by atoms with Crippen molar-refractivity contribution >= 4 is 10.9 Å². The van der Waals surface area contributed by atoms with Crippen LogP contribution in [0, 0.1) is 0 Å². The van der Waals surface area contributed by atoms with Gasteiger partial charge in [0.2, 0.25) is 0 Å². The third kappa shape index (κ3) is 2.67. The minimum Gasteiger partial charge on any atom is -0.497 e. The van der Waals surface area contributed by atoms with Gasteiger partial charge in [0, 0.05) is 27.3 Å². The highest BCUT2D eigenvalue weighted by molar-refractivity contribution is 5.91. The molecule has 0 amide bonds. The number of pyridine rings is 1. The van der Waals surface area contributed by atoms with Crippen LogP contribution in [-0.2, 0) is 6.42 Å². The lowest BCUT2D eigenvalue weighted by atomic mass is 9.99. The van der Waals surface area contributed by atoms with Gasteiger partial charge >= 0.3 is 0 Å². The summed E-state index contributed by atoms with van der Waals surface area (Å²) in [5.74, 6) is 0.787. The molecule has 4 rings (SSSR count). The molecule has 0 bridgehead atoms. The quantitative estimate of drug-likeness (QED) is 0.792. The van der Waals surface area contributed by atoms with E-state index in [4.69, 9.17) is 8.85 Å². The first-order valence-electron chi connectivity index (χ1n) is 9.84. The topological polar surface area (TPSA) is 41.2 Å². The summed E-state index contributed by atoms with van der Waals surface area (Å²) in [5.41, 5.74) is 3.92. The van der Waals surface area contributed by atoms with Crippen LogP contribution in [0.1, 0.15) is 22.5 Å². The summed E-state index contributed by atoms with van der Waals surface area (Å²) in [6.07, 6.45) is 4.23. The van der Waals surface area contributed by atoms with E-state index < -0.39 is 6.98 Å². The summed E-state index contributed by atoms with van der Waals surface area (Å²) in [6.45, 7) is -1.44. The SMILES string of the molecule is [2H]C([2H])([2H])N1CCC[C@@H]1Cc1c(-c2ccccn2)[nH]c2ccc(OC)cc12. The van der Waals surface area contributed by atoms with Gasteiger partial charge in [0.1, 0.15) is 5.75 Å². The number of H-pyrrole nitrogens is 1. The molecule has 3 aromatic rings. The maximum absolute atomic E-state index is 7.85. The molecule has 3 heterocycles. The average molecular weight is 324 g/mol. The lowest BCUT2D eigenvalue weighted by molar-refractivity contribution is 0.310. The van der Waals surface area contributed by atoms with Crippen molar-refractivity contribution in [2.24, 2.45) is 0 Å². The van der Waals surface area contributed by atoms with Gasteiger partial charge < -0.3 is 14.6 Å². The van der Waals surface area contributed by atoms with Crippen LogP contribution in [0.25, 0.3) is 22.3 Å². The fourth-order valence-electron chi connectivity index (χ4n) is 3.58. The van der Waals surface area contributed by atoms with Crippen molar-refractivity contribution in [2.45, 2.75) is 25.3 Å². The summed E-state index contributed by atoms with van der Waals surface area (Å²) in [7, 11) is 1.65. The molecule has 2 aromatic heterocycles. The van der Waals surface area contributed by atoms with Crippen LogP contribution in [0.15, 0.2) is 42.6 Å². The lowest BCUT2D eigenvalue weighted by Gasteiger charge is -2.19. The number of fused-ring (bicyclic) bond motifs is 1. The predicted octanol–water partition coefficient (Wildman–Crippen LogP) is 3.88. The molecule has 1 saturated heterocycles. The molecule has 0 radical (unpaired) electrons. The van der Waals surface area contributed by atoms with Crippen LogP contribution in [0.4, 0.5) is 0 Å². The largest absolute Gasteiger partial charge is 0.497 e. The van der Waals surface area contributed by atoms with Crippen molar-refractivity contribution < 1.29 is 8.85 Å². The molecular weight excluding hydrogens is 298 g/mol. The van der Waals surface area contributed by atoms with E-state index in [0.717, 1.165) is 46.4 Å². The Bertz CT molecular complexity index is 937. The molecule has 0 unspecified atom stereocenters. The molecule has 4 nitrogen and oxygen atoms in total. The van der Waals surface area contributed by atoms with Gasteiger partial charge in [-0.25, -0.2) is 0 Å². The Morgan fingerprint density at radius 3 is 3.12 bits per heavy atom. The number of hydrogen-bond donors (Lipinski definition) is 1. The first-order chi connectivity index (χ1) is 13.0. The van der Waals surface area contributed by atoms with E-state index in [1.165, 1.54) is 0 Å². The van der Waals surface area contributed by atoms with E-state index in [2.05, 4.69) is 9.97 Å². The molecule has 0 aliphatic carbocycles. The summed E-state index contributed by atoms with van der Waals surface area (Å²) < 4.78 is 29.0. The van der Waals surface area contributed by atoms with Crippen molar-refractivity contribution in [3.63, 3.8) is 0 Å². The van der Waals surface area contributed by atoms with Gasteiger partial charge in [-0.2, -0.15) is 0 Å². The van der Waals surface area contributed by atoms with Crippen LogP contribution in [0.2, 0.25) is 0 Å². The molecular formula is C20H23N3O. The fourth-order valence-corrected chi connectivity index (χ4v) is 3.58. The van der Waals surface area contributed by atoms with Gasteiger partial charge in [0.05, 0.1) is 18.5 Å². The summed E-state index contributed by atoms with van der Waals surface area (Å²) in [6, 6.07) is 11.8. The molecule has 1 aliphatic rings. The maximum Gasteiger partial charge on any atom is 0.119 e. The summed E-state index contributed by atoms with van der Waals surface area (Å²) >= 11 is 0. The van der Waals surface area contributed by atoms with E-state index in [-0.39, 0.29) is 6.04 Å². The Hall–Kier alpha value is -2.33. The van der Waals surface area contributed by atoms with Gasteiger partial charge in [-0.1, -0.05) is 6.07 Å². The molecule has 0 spiro atoms. The fraction of sp³-hybridized carbons (Fsp3) is 0.350. The third-order valence-electron chi connectivity index (χ3n) is 4.85. The molecule has 4 heteroatoms. The van der Waals surface area contributed by atoms with Crippen molar-refractivity contribution in [3.8, 4) is 17.1 Å². The molecule has 1 aliphatic heterocycles. The van der Waals surface area contributed by atoms with E-state index >= 15 is 0 Å². The number of hydrogen-bond acceptors (Lipinski definition) is 3. The van der Waals surface area contributed by atoms with Gasteiger partial charge in [0.25, 0.3) is 0 Å². The number of aromatic nitrogens is 2. The molecule has 1 fully saturated rings. The van der Waals surface area contributed by atoms with Crippen molar-refractivity contribution in [1.82, 2.24) is 14.9 Å². The van der Waals surface area contributed by atoms with Gasteiger partial charge in [0.15, 0.2) is 0 Å². The van der Waals surface area contributed by atoms with Crippen molar-refractivity contribution in [1.29, 1.82) is 0 Å². The standard InChI is InChI=1S/C20H23N3O/c1-23-11-5-6-14(23)12-17-16-13-15(24-2)8-9-18(16)22-20(17)19-7-3-4-10-21-19/h3-4,7-10,13-14,22H,5-6,11-12H2,1-2H3/t14-/m1/s1/i1D3. The Morgan fingerprint density at radius 1 is 1.38 bits per heavy atom. The average Bonchev–Trinajstić information content (AvgIpc) is 3.27. The van der Waals surface area contributed by atoms with Crippen molar-refractivity contribution in [3.05, 3.63) is 48.2 Å². The van der Waals surface area contributed by atoms with E-state index in [0.29, 0.717) is 13.0 Å². The summed E-state index contributed by atoms with van der Waals surface area (Å²) in [4.78, 5) is 9.65. The van der Waals surface area contributed by atoms with E-state index in [1.54, 1.807) is 18.2 Å². The minimum absolute atomic E-state index is 0.00911. The Morgan fingerprint density at radius 2 is 2.33 bits per heavy atom. The minimum atomic E-state index is -2.06. The zero-order valence-electron chi connectivity index (χ0n) is 16.7. The first kappa shape index (κ1) is 12.1. The van der Waals surface area contributed by atoms with Crippen molar-refractivity contribution in [2.75, 3.05) is 20.6 Å². The highest BCUT2D eigenvalue weighted by Crippen LogP contribution is 2.34. The second-order valence-corrected chi connectivity index (χ2v) is 6.30. The zero-order valence-corrected chi connectivity index (χ0v) is 13.7. The number of rotatable bonds is 4. The smallest absolute Gasteiger partial charge is 0.119 e. The van der Waals surface area contributed by atoms with Crippen LogP contribution in [0.5, 0.6) is 5.75 Å². The Kier molecular flexibility index (Phi) is 3.17. The maximum atomic E-state index is 7.85. The normalized spacial score (nSPS) is 20.7. The molecule has 0 saturated carbocycles. The zero-order chi connectivity index (χ0) is 19.0. The molecule has 1 atom stereocenters. The van der Waals surface area contributed by atoms with Gasteiger partial charge in [-0.15, -0.1) is 0 Å². The highest BCUT2D eigenvalue weighted by Gasteiger charge is 2.24. The monoisotopic (exact) mass is 324 g/mol. The number of nitrogens with zero attached hydrogens (tertiary/aromatic N) is 2. The first-order valence-corrected chi connectivity index (χ1v) is 8.34. The Labute approximate surface area is 146 Å². The second-order valence-electron chi connectivity index (χ2n) is 6.30. The van der Waals surface area contributed by atoms with Crippen LogP contribution in [-0.4, -0.2) is 41.5 Å². The molecule has 124 valence electrons. The summed E-state index contributed by atoms with van der Waals surface area (Å²) in [5, 5.41) is 1.06. The third-order valence-corrected chi connectivity index (χ3v) is 4.85. The van der Waals surface area contributed by atoms with Gasteiger partial charge in [-0.05, 0) is 68.7 Å². The predicted molar refractivity (Wildman–Crippen MR) is 97.4 cm³/mol. The molecule has 24 heavy (non-hydrogen) atoms. The number of likely N-dealkylation sites (N-methyl/N-ethyl adjacent to an activating group) is 1. The van der Waals surface area contributed by atoms with E-state index in [9.17, 15) is 0 Å². The van der Waals surface area contributed by atoms with E-state index in [1.807, 2.05) is 36.4 Å². The van der Waals surface area contributed by atoms with Crippen LogP contribution >= 0.6 is 0 Å². The highest BCUT2D eigenvalue weighted by atomic mass is 16.5. The number of methoxy groups -OCH3 is 1. The molecule has 1 aromatic carbocycles. The van der Waals surface area contributed by atoms with Crippen LogP contribution in [0.3, 0.4) is 0 Å². The Balaban J connectivity index is 1.82. The number of nitrogens with one attached hydrogen (secondary N) is 1. The number of likely N-dealkylation sites (tertiary alicyclic amines) is 1. The second kappa shape index (κ2) is 6.29. The number of aromatic amines is 1. The number of benzene rings is 1. The lowest BCUT2D eigenvalue weighted by Crippen LogP contribution is -2.26. The van der Waals surface area contributed by atoms with Gasteiger partial charge in [-0.3, -0.25) is 4.98 Å². The number of ether oxygens (including phenoxy) is 1.